The summed E-state index contributed by atoms with van der Waals surface area (Å²) in [4.78, 5) is 16.7. The van der Waals surface area contributed by atoms with Crippen molar-refractivity contribution in [1.82, 2.24) is 25.1 Å². The largest absolute Gasteiger partial charge is 0.351 e. The third-order valence-electron chi connectivity index (χ3n) is 3.98. The molecule has 3 rings (SSSR count). The number of amides is 1. The van der Waals surface area contributed by atoms with Crippen molar-refractivity contribution in [2.24, 2.45) is 0 Å². The van der Waals surface area contributed by atoms with Crippen LogP contribution in [0.15, 0.2) is 47.8 Å². The van der Waals surface area contributed by atoms with Gasteiger partial charge in [0.15, 0.2) is 11.0 Å². The van der Waals surface area contributed by atoms with Crippen molar-refractivity contribution in [3.05, 3.63) is 53.7 Å². The molecule has 0 unspecified atom stereocenters. The van der Waals surface area contributed by atoms with Crippen LogP contribution in [0.2, 0.25) is 0 Å². The van der Waals surface area contributed by atoms with Gasteiger partial charge in [-0.2, -0.15) is 0 Å². The molecule has 2 heterocycles. The molecule has 0 spiro atoms. The van der Waals surface area contributed by atoms with Crippen LogP contribution in [0.5, 0.6) is 0 Å². The van der Waals surface area contributed by atoms with Gasteiger partial charge in [0.2, 0.25) is 5.91 Å². The highest BCUT2D eigenvalue weighted by molar-refractivity contribution is 7.99. The molecular weight excluding hydrogens is 370 g/mol. The van der Waals surface area contributed by atoms with Crippen LogP contribution in [0.3, 0.4) is 0 Å². The Bertz CT molecular complexity index is 976. The average molecular weight is 396 g/mol. The first-order valence-electron chi connectivity index (χ1n) is 9.13. The number of nitrogens with one attached hydrogen (secondary N) is 1. The monoisotopic (exact) mass is 395 g/mol. The molecule has 0 bridgehead atoms. The Hall–Kier alpha value is -2.67. The number of aromatic nitrogens is 4. The lowest BCUT2D eigenvalue weighted by Gasteiger charge is -2.20. The molecule has 6 nitrogen and oxygen atoms in total. The van der Waals surface area contributed by atoms with E-state index in [1.54, 1.807) is 6.20 Å². The van der Waals surface area contributed by atoms with E-state index in [-0.39, 0.29) is 17.2 Å². The number of hydrogen-bond acceptors (Lipinski definition) is 5. The highest BCUT2D eigenvalue weighted by atomic mass is 32.2. The zero-order valence-electron chi connectivity index (χ0n) is 16.9. The zero-order chi connectivity index (χ0) is 20.3. The van der Waals surface area contributed by atoms with Crippen LogP contribution in [-0.2, 0) is 4.79 Å². The third kappa shape index (κ3) is 4.78. The van der Waals surface area contributed by atoms with Gasteiger partial charge in [0, 0.05) is 11.7 Å². The number of carbonyl (C=O) groups is 1. The number of carbonyl (C=O) groups excluding carboxylic acids is 1. The summed E-state index contributed by atoms with van der Waals surface area (Å²) in [6.45, 7) is 10.0. The number of rotatable bonds is 5. The van der Waals surface area contributed by atoms with Gasteiger partial charge in [0.1, 0.15) is 5.69 Å². The van der Waals surface area contributed by atoms with Gasteiger partial charge in [-0.15, -0.1) is 10.2 Å². The molecule has 0 atom stereocenters. The van der Waals surface area contributed by atoms with Crippen LogP contribution in [0, 0.1) is 13.8 Å². The molecule has 1 amide bonds. The molecule has 0 aliphatic heterocycles. The minimum absolute atomic E-state index is 0.0348. The molecule has 0 saturated carbocycles. The van der Waals surface area contributed by atoms with Crippen molar-refractivity contribution in [3.8, 4) is 17.2 Å². The topological polar surface area (TPSA) is 72.7 Å². The van der Waals surface area contributed by atoms with Crippen LogP contribution < -0.4 is 5.32 Å². The second-order valence-electron chi connectivity index (χ2n) is 7.73. The summed E-state index contributed by atoms with van der Waals surface area (Å²) in [7, 11) is 0. The van der Waals surface area contributed by atoms with Gasteiger partial charge in [-0.05, 0) is 63.9 Å². The number of nitrogens with zero attached hydrogens (tertiary/aromatic N) is 4. The SMILES string of the molecule is Cc1ccc(C)c(-n2c(SCC(=O)NC(C)(C)C)nnc2-c2ccccn2)c1. The summed E-state index contributed by atoms with van der Waals surface area (Å²) in [5, 5.41) is 12.4. The number of aryl methyl sites for hydroxylation is 2. The first-order chi connectivity index (χ1) is 13.2. The Morgan fingerprint density at radius 2 is 1.93 bits per heavy atom. The molecule has 1 aromatic carbocycles. The van der Waals surface area contributed by atoms with E-state index in [0.717, 1.165) is 22.5 Å². The first kappa shape index (κ1) is 20.1. The number of pyridine rings is 1. The minimum atomic E-state index is -0.266. The predicted molar refractivity (Wildman–Crippen MR) is 113 cm³/mol. The molecule has 2 aromatic heterocycles. The van der Waals surface area contributed by atoms with Gasteiger partial charge in [0.25, 0.3) is 0 Å². The fraction of sp³-hybridized carbons (Fsp3) is 0.333. The summed E-state index contributed by atoms with van der Waals surface area (Å²) in [5.41, 5.74) is 3.70. The van der Waals surface area contributed by atoms with Gasteiger partial charge < -0.3 is 5.32 Å². The van der Waals surface area contributed by atoms with E-state index in [1.807, 2.05) is 43.5 Å². The highest BCUT2D eigenvalue weighted by Gasteiger charge is 2.20. The molecule has 0 radical (unpaired) electrons. The van der Waals surface area contributed by atoms with E-state index < -0.39 is 0 Å². The Kier molecular flexibility index (Phi) is 5.84. The molecule has 0 saturated heterocycles. The molecule has 0 fully saturated rings. The maximum Gasteiger partial charge on any atom is 0.230 e. The maximum atomic E-state index is 12.3. The van der Waals surface area contributed by atoms with E-state index in [2.05, 4.69) is 52.5 Å². The minimum Gasteiger partial charge on any atom is -0.351 e. The lowest BCUT2D eigenvalue weighted by molar-refractivity contribution is -0.119. The lowest BCUT2D eigenvalue weighted by atomic mass is 10.1. The fourth-order valence-corrected chi connectivity index (χ4v) is 3.53. The highest BCUT2D eigenvalue weighted by Crippen LogP contribution is 2.29. The third-order valence-corrected chi connectivity index (χ3v) is 4.91. The van der Waals surface area contributed by atoms with E-state index in [9.17, 15) is 4.79 Å². The first-order valence-corrected chi connectivity index (χ1v) is 10.1. The summed E-state index contributed by atoms with van der Waals surface area (Å²) < 4.78 is 1.99. The Morgan fingerprint density at radius 3 is 2.61 bits per heavy atom. The van der Waals surface area contributed by atoms with Crippen LogP contribution >= 0.6 is 11.8 Å². The van der Waals surface area contributed by atoms with Gasteiger partial charge in [-0.25, -0.2) is 0 Å². The quantitative estimate of drug-likeness (QED) is 0.662. The molecular formula is C21H25N5OS. The van der Waals surface area contributed by atoms with Crippen LogP contribution in [-0.4, -0.2) is 36.9 Å². The van der Waals surface area contributed by atoms with Crippen LogP contribution in [0.1, 0.15) is 31.9 Å². The lowest BCUT2D eigenvalue weighted by Crippen LogP contribution is -2.41. The number of benzene rings is 1. The van der Waals surface area contributed by atoms with Gasteiger partial charge >= 0.3 is 0 Å². The second-order valence-corrected chi connectivity index (χ2v) is 8.68. The van der Waals surface area contributed by atoms with Gasteiger partial charge in [-0.1, -0.05) is 30.0 Å². The van der Waals surface area contributed by atoms with Crippen molar-refractivity contribution in [1.29, 1.82) is 0 Å². The van der Waals surface area contributed by atoms with Crippen molar-refractivity contribution in [2.75, 3.05) is 5.75 Å². The van der Waals surface area contributed by atoms with Crippen molar-refractivity contribution in [2.45, 2.75) is 45.3 Å². The Morgan fingerprint density at radius 1 is 1.14 bits per heavy atom. The summed E-state index contributed by atoms with van der Waals surface area (Å²) in [6, 6.07) is 12.0. The summed E-state index contributed by atoms with van der Waals surface area (Å²) >= 11 is 1.37. The molecule has 1 N–H and O–H groups in total. The van der Waals surface area contributed by atoms with Crippen LogP contribution in [0.25, 0.3) is 17.2 Å². The van der Waals surface area contributed by atoms with Crippen molar-refractivity contribution >= 4 is 17.7 Å². The molecule has 0 aliphatic carbocycles. The Labute approximate surface area is 169 Å². The van der Waals surface area contributed by atoms with Crippen molar-refractivity contribution in [3.63, 3.8) is 0 Å². The van der Waals surface area contributed by atoms with E-state index in [1.165, 1.54) is 11.8 Å². The van der Waals surface area contributed by atoms with E-state index in [4.69, 9.17) is 0 Å². The molecule has 146 valence electrons. The van der Waals surface area contributed by atoms with Gasteiger partial charge in [-0.3, -0.25) is 14.3 Å². The van der Waals surface area contributed by atoms with Gasteiger partial charge in [0.05, 0.1) is 11.4 Å². The maximum absolute atomic E-state index is 12.3. The average Bonchev–Trinajstić information content (AvgIpc) is 3.05. The summed E-state index contributed by atoms with van der Waals surface area (Å²) in [5.74, 6) is 0.892. The Balaban J connectivity index is 2.00. The smallest absolute Gasteiger partial charge is 0.230 e. The summed E-state index contributed by atoms with van der Waals surface area (Å²) in [6.07, 6.45) is 1.74. The van der Waals surface area contributed by atoms with E-state index in [0.29, 0.717) is 11.0 Å². The second kappa shape index (κ2) is 8.14. The normalized spacial score (nSPS) is 11.5. The van der Waals surface area contributed by atoms with E-state index >= 15 is 0 Å². The number of hydrogen-bond donors (Lipinski definition) is 1. The zero-order valence-corrected chi connectivity index (χ0v) is 17.7. The van der Waals surface area contributed by atoms with Crippen molar-refractivity contribution < 1.29 is 4.79 Å². The predicted octanol–water partition coefficient (Wildman–Crippen LogP) is 3.95. The molecule has 3 aromatic rings. The van der Waals surface area contributed by atoms with Crippen LogP contribution in [0.4, 0.5) is 0 Å². The fourth-order valence-electron chi connectivity index (χ4n) is 2.79. The number of thioether (sulfide) groups is 1. The standard InChI is InChI=1S/C21H25N5OS/c1-14-9-10-15(2)17(12-14)26-19(16-8-6-7-11-22-16)24-25-20(26)28-13-18(27)23-21(3,4)5/h6-12H,13H2,1-5H3,(H,23,27). The molecule has 28 heavy (non-hydrogen) atoms. The molecule has 7 heteroatoms. The molecule has 0 aliphatic rings.